The molecule has 1 aliphatic heterocycles. The molecule has 1 aliphatic rings. The molecule has 0 spiro atoms. The number of methoxy groups -OCH3 is 1. The van der Waals surface area contributed by atoms with Crippen molar-refractivity contribution in [2.24, 2.45) is 0 Å². The molecule has 2 aromatic rings. The lowest BCUT2D eigenvalue weighted by molar-refractivity contribution is -0.145. The standard InChI is InChI=1S/C19H22N2O5/c1-12-16(13(2)26-20-12)11-25-15-8-6-14(7-9-15)18(22)21-10-4-5-17(21)19(23)24-3/h6-9,17H,4-5,10-11H2,1-3H3. The summed E-state index contributed by atoms with van der Waals surface area (Å²) in [4.78, 5) is 26.1. The van der Waals surface area contributed by atoms with E-state index in [2.05, 4.69) is 5.16 Å². The van der Waals surface area contributed by atoms with Crippen LogP contribution < -0.4 is 4.74 Å². The maximum atomic E-state index is 12.7. The van der Waals surface area contributed by atoms with E-state index in [-0.39, 0.29) is 11.9 Å². The van der Waals surface area contributed by atoms with E-state index in [0.29, 0.717) is 30.9 Å². The van der Waals surface area contributed by atoms with E-state index >= 15 is 0 Å². The Morgan fingerprint density at radius 1 is 1.27 bits per heavy atom. The molecule has 138 valence electrons. The maximum absolute atomic E-state index is 12.7. The minimum absolute atomic E-state index is 0.171. The number of carbonyl (C=O) groups is 2. The van der Waals surface area contributed by atoms with Crippen molar-refractivity contribution in [3.05, 3.63) is 46.8 Å². The van der Waals surface area contributed by atoms with E-state index in [9.17, 15) is 9.59 Å². The zero-order chi connectivity index (χ0) is 18.7. The Balaban J connectivity index is 1.65. The molecule has 1 fully saturated rings. The molecular weight excluding hydrogens is 336 g/mol. The zero-order valence-electron chi connectivity index (χ0n) is 15.2. The maximum Gasteiger partial charge on any atom is 0.328 e. The first-order valence-electron chi connectivity index (χ1n) is 8.54. The second kappa shape index (κ2) is 7.59. The van der Waals surface area contributed by atoms with E-state index in [1.807, 2.05) is 13.8 Å². The van der Waals surface area contributed by atoms with Crippen molar-refractivity contribution in [2.45, 2.75) is 39.3 Å². The van der Waals surface area contributed by atoms with Gasteiger partial charge in [0.05, 0.1) is 18.4 Å². The van der Waals surface area contributed by atoms with E-state index < -0.39 is 6.04 Å². The number of carbonyl (C=O) groups excluding carboxylic acids is 2. The number of likely N-dealkylation sites (tertiary alicyclic amines) is 1. The van der Waals surface area contributed by atoms with E-state index in [1.165, 1.54) is 7.11 Å². The summed E-state index contributed by atoms with van der Waals surface area (Å²) in [7, 11) is 1.34. The van der Waals surface area contributed by atoms with Crippen molar-refractivity contribution in [1.82, 2.24) is 10.1 Å². The Morgan fingerprint density at radius 2 is 2.00 bits per heavy atom. The molecule has 26 heavy (non-hydrogen) atoms. The molecule has 2 heterocycles. The van der Waals surface area contributed by atoms with Crippen LogP contribution in [0.2, 0.25) is 0 Å². The predicted octanol–water partition coefficient (Wildman–Crippen LogP) is 2.65. The van der Waals surface area contributed by atoms with Gasteiger partial charge in [0.25, 0.3) is 5.91 Å². The second-order valence-corrected chi connectivity index (χ2v) is 6.30. The Kier molecular flexibility index (Phi) is 5.25. The highest BCUT2D eigenvalue weighted by molar-refractivity contribution is 5.97. The van der Waals surface area contributed by atoms with Crippen LogP contribution in [0.1, 0.15) is 40.2 Å². The van der Waals surface area contributed by atoms with Gasteiger partial charge in [-0.2, -0.15) is 0 Å². The fourth-order valence-electron chi connectivity index (χ4n) is 3.11. The molecule has 0 aliphatic carbocycles. The van der Waals surface area contributed by atoms with Crippen LogP contribution in [0.5, 0.6) is 5.75 Å². The molecule has 0 N–H and O–H groups in total. The molecule has 7 heteroatoms. The Labute approximate surface area is 151 Å². The van der Waals surface area contributed by atoms with Gasteiger partial charge < -0.3 is 18.9 Å². The molecule has 1 atom stereocenters. The van der Waals surface area contributed by atoms with Gasteiger partial charge in [-0.15, -0.1) is 0 Å². The molecule has 1 amide bonds. The Bertz CT molecular complexity index is 777. The van der Waals surface area contributed by atoms with Crippen LogP contribution in [-0.4, -0.2) is 41.6 Å². The highest BCUT2D eigenvalue weighted by Gasteiger charge is 2.35. The second-order valence-electron chi connectivity index (χ2n) is 6.30. The number of amides is 1. The first kappa shape index (κ1) is 18.0. The predicted molar refractivity (Wildman–Crippen MR) is 92.8 cm³/mol. The van der Waals surface area contributed by atoms with Crippen molar-refractivity contribution in [1.29, 1.82) is 0 Å². The summed E-state index contributed by atoms with van der Waals surface area (Å²) in [6.07, 6.45) is 1.43. The molecule has 0 saturated carbocycles. The lowest BCUT2D eigenvalue weighted by Crippen LogP contribution is -2.41. The molecule has 1 aromatic heterocycles. The molecule has 7 nitrogen and oxygen atoms in total. The summed E-state index contributed by atoms with van der Waals surface area (Å²) in [6, 6.07) is 6.40. The summed E-state index contributed by atoms with van der Waals surface area (Å²) in [5, 5.41) is 3.90. The van der Waals surface area contributed by atoms with Gasteiger partial charge in [0.1, 0.15) is 24.2 Å². The van der Waals surface area contributed by atoms with Crippen molar-refractivity contribution in [3.63, 3.8) is 0 Å². The van der Waals surface area contributed by atoms with Crippen molar-refractivity contribution in [2.75, 3.05) is 13.7 Å². The van der Waals surface area contributed by atoms with E-state index in [0.717, 1.165) is 23.4 Å². The molecule has 1 aromatic carbocycles. The normalized spacial score (nSPS) is 16.6. The fourth-order valence-corrected chi connectivity index (χ4v) is 3.11. The third-order valence-electron chi connectivity index (χ3n) is 4.65. The SMILES string of the molecule is COC(=O)C1CCCN1C(=O)c1ccc(OCc2c(C)noc2C)cc1. The third-order valence-corrected chi connectivity index (χ3v) is 4.65. The lowest BCUT2D eigenvalue weighted by Gasteiger charge is -2.22. The van der Waals surface area contributed by atoms with Gasteiger partial charge in [0, 0.05) is 12.1 Å². The number of hydrogen-bond donors (Lipinski definition) is 0. The molecule has 1 unspecified atom stereocenters. The summed E-state index contributed by atoms with van der Waals surface area (Å²) in [6.45, 7) is 4.62. The topological polar surface area (TPSA) is 81.9 Å². The van der Waals surface area contributed by atoms with Crippen LogP contribution in [0.15, 0.2) is 28.8 Å². The minimum atomic E-state index is -0.497. The number of rotatable bonds is 5. The van der Waals surface area contributed by atoms with Gasteiger partial charge in [0.2, 0.25) is 0 Å². The van der Waals surface area contributed by atoms with E-state index in [4.69, 9.17) is 14.0 Å². The molecule has 0 radical (unpaired) electrons. The number of aromatic nitrogens is 1. The van der Waals surface area contributed by atoms with Gasteiger partial charge in [0.15, 0.2) is 0 Å². The summed E-state index contributed by atoms with van der Waals surface area (Å²) < 4.78 is 15.7. The van der Waals surface area contributed by atoms with Gasteiger partial charge in [-0.05, 0) is 51.0 Å². The van der Waals surface area contributed by atoms with Gasteiger partial charge in [-0.1, -0.05) is 5.16 Å². The first-order valence-corrected chi connectivity index (χ1v) is 8.54. The minimum Gasteiger partial charge on any atom is -0.489 e. The number of ether oxygens (including phenoxy) is 2. The van der Waals surface area contributed by atoms with Crippen molar-refractivity contribution in [3.8, 4) is 5.75 Å². The summed E-state index contributed by atoms with van der Waals surface area (Å²) in [5.74, 6) is 0.843. The number of esters is 1. The highest BCUT2D eigenvalue weighted by atomic mass is 16.5. The Morgan fingerprint density at radius 3 is 2.62 bits per heavy atom. The number of benzene rings is 1. The van der Waals surface area contributed by atoms with Gasteiger partial charge in [-0.25, -0.2) is 4.79 Å². The van der Waals surface area contributed by atoms with Crippen LogP contribution in [0.4, 0.5) is 0 Å². The smallest absolute Gasteiger partial charge is 0.328 e. The van der Waals surface area contributed by atoms with Crippen molar-refractivity contribution < 1.29 is 23.6 Å². The zero-order valence-corrected chi connectivity index (χ0v) is 15.2. The van der Waals surface area contributed by atoms with E-state index in [1.54, 1.807) is 29.2 Å². The Hall–Kier alpha value is -2.83. The fraction of sp³-hybridized carbons (Fsp3) is 0.421. The quantitative estimate of drug-likeness (QED) is 0.764. The monoisotopic (exact) mass is 358 g/mol. The summed E-state index contributed by atoms with van der Waals surface area (Å²) in [5.41, 5.74) is 2.24. The number of hydrogen-bond acceptors (Lipinski definition) is 6. The average Bonchev–Trinajstić information content (AvgIpc) is 3.26. The largest absolute Gasteiger partial charge is 0.489 e. The summed E-state index contributed by atoms with van der Waals surface area (Å²) >= 11 is 0. The number of nitrogens with zero attached hydrogens (tertiary/aromatic N) is 2. The van der Waals surface area contributed by atoms with Crippen LogP contribution in [0.3, 0.4) is 0 Å². The highest BCUT2D eigenvalue weighted by Crippen LogP contribution is 2.23. The molecule has 3 rings (SSSR count). The number of aryl methyl sites for hydroxylation is 2. The molecule has 0 bridgehead atoms. The van der Waals surface area contributed by atoms with Crippen LogP contribution >= 0.6 is 0 Å². The van der Waals surface area contributed by atoms with Crippen LogP contribution in [0, 0.1) is 13.8 Å². The van der Waals surface area contributed by atoms with Crippen molar-refractivity contribution >= 4 is 11.9 Å². The van der Waals surface area contributed by atoms with Gasteiger partial charge in [-0.3, -0.25) is 4.79 Å². The lowest BCUT2D eigenvalue weighted by atomic mass is 10.1. The van der Waals surface area contributed by atoms with Gasteiger partial charge >= 0.3 is 5.97 Å². The average molecular weight is 358 g/mol. The van der Waals surface area contributed by atoms with Crippen LogP contribution in [0.25, 0.3) is 0 Å². The van der Waals surface area contributed by atoms with Crippen LogP contribution in [-0.2, 0) is 16.1 Å². The molecule has 1 saturated heterocycles. The molecular formula is C19H22N2O5. The third kappa shape index (κ3) is 3.56. The first-order chi connectivity index (χ1) is 12.5.